The quantitative estimate of drug-likeness (QED) is 0.184. The van der Waals surface area contributed by atoms with Crippen LogP contribution in [0.25, 0.3) is 89.0 Å². The molecule has 0 spiro atoms. The molecule has 0 atom stereocenters. The van der Waals surface area contributed by atoms with Crippen LogP contribution in [-0.2, 0) is 0 Å². The van der Waals surface area contributed by atoms with Crippen LogP contribution in [0.2, 0.25) is 0 Å². The molecule has 49 heavy (non-hydrogen) atoms. The number of fused-ring (bicyclic) bond motifs is 3. The van der Waals surface area contributed by atoms with Crippen molar-refractivity contribution in [3.63, 3.8) is 0 Å². The van der Waals surface area contributed by atoms with E-state index in [1.165, 1.54) is 0 Å². The second-order valence-electron chi connectivity index (χ2n) is 12.0. The topological polar surface area (TPSA) is 51.8 Å². The second kappa shape index (κ2) is 12.2. The van der Waals surface area contributed by atoms with Gasteiger partial charge in [0.1, 0.15) is 22.6 Å². The van der Waals surface area contributed by atoms with Gasteiger partial charge in [0, 0.05) is 27.5 Å². The van der Waals surface area contributed by atoms with Crippen molar-refractivity contribution in [2.75, 3.05) is 0 Å². The van der Waals surface area contributed by atoms with Gasteiger partial charge in [0.2, 0.25) is 0 Å². The predicted molar refractivity (Wildman–Crippen MR) is 200 cm³/mol. The lowest BCUT2D eigenvalue weighted by molar-refractivity contribution is 0.669. The van der Waals surface area contributed by atoms with E-state index in [1.807, 2.05) is 42.5 Å². The summed E-state index contributed by atoms with van der Waals surface area (Å²) in [6.45, 7) is 0. The van der Waals surface area contributed by atoms with Crippen molar-refractivity contribution in [3.05, 3.63) is 176 Å². The summed E-state index contributed by atoms with van der Waals surface area (Å²) in [6, 6.07) is 60.8. The first kappa shape index (κ1) is 28.6. The molecular formula is C45H29N3O. The molecule has 0 N–H and O–H groups in total. The fourth-order valence-electron chi connectivity index (χ4n) is 7.02. The Morgan fingerprint density at radius 1 is 0.327 bits per heavy atom. The van der Waals surface area contributed by atoms with Gasteiger partial charge in [-0.1, -0.05) is 164 Å². The lowest BCUT2D eigenvalue weighted by atomic mass is 9.84. The van der Waals surface area contributed by atoms with Gasteiger partial charge in [-0.15, -0.1) is 10.2 Å². The average molecular weight is 628 g/mol. The molecule has 9 rings (SSSR count). The Morgan fingerprint density at radius 2 is 0.837 bits per heavy atom. The summed E-state index contributed by atoms with van der Waals surface area (Å²) in [7, 11) is 0. The number of benzene rings is 7. The minimum atomic E-state index is 0.759. The van der Waals surface area contributed by atoms with E-state index < -0.39 is 0 Å². The summed E-state index contributed by atoms with van der Waals surface area (Å²) in [4.78, 5) is 0. The summed E-state index contributed by atoms with van der Waals surface area (Å²) >= 11 is 0. The Balaban J connectivity index is 1.42. The fraction of sp³-hybridized carbons (Fsp3) is 0. The number of nitrogens with zero attached hydrogens (tertiary/aromatic N) is 3. The highest BCUT2D eigenvalue weighted by Crippen LogP contribution is 2.48. The van der Waals surface area contributed by atoms with Crippen molar-refractivity contribution in [2.45, 2.75) is 0 Å². The van der Waals surface area contributed by atoms with Gasteiger partial charge in [-0.3, -0.25) is 0 Å². The van der Waals surface area contributed by atoms with Gasteiger partial charge >= 0.3 is 0 Å². The molecule has 0 aliphatic carbocycles. The van der Waals surface area contributed by atoms with Crippen LogP contribution in [0.15, 0.2) is 180 Å². The molecule has 0 saturated carbocycles. The third-order valence-electron chi connectivity index (χ3n) is 9.17. The smallest absolute Gasteiger partial charge is 0.136 e. The molecule has 0 unspecified atom stereocenters. The molecule has 0 aliphatic rings. The van der Waals surface area contributed by atoms with Crippen LogP contribution in [-0.4, -0.2) is 15.4 Å². The first-order chi connectivity index (χ1) is 24.3. The zero-order valence-corrected chi connectivity index (χ0v) is 26.5. The third-order valence-corrected chi connectivity index (χ3v) is 9.17. The molecule has 0 saturated heterocycles. The van der Waals surface area contributed by atoms with Crippen LogP contribution in [0, 0.1) is 0 Å². The Kier molecular flexibility index (Phi) is 7.10. The van der Waals surface area contributed by atoms with Crippen molar-refractivity contribution in [2.24, 2.45) is 0 Å². The van der Waals surface area contributed by atoms with E-state index in [2.05, 4.69) is 139 Å². The zero-order valence-electron chi connectivity index (χ0n) is 26.5. The second-order valence-corrected chi connectivity index (χ2v) is 12.0. The normalized spacial score (nSPS) is 11.3. The van der Waals surface area contributed by atoms with Gasteiger partial charge in [-0.2, -0.15) is 0 Å². The minimum Gasteiger partial charge on any atom is -0.456 e. The van der Waals surface area contributed by atoms with E-state index in [0.717, 1.165) is 89.0 Å². The summed E-state index contributed by atoms with van der Waals surface area (Å²) in [5.41, 5.74) is 13.7. The van der Waals surface area contributed by atoms with Gasteiger partial charge < -0.3 is 4.42 Å². The van der Waals surface area contributed by atoms with Crippen LogP contribution in [0.4, 0.5) is 0 Å². The molecule has 4 heteroatoms. The van der Waals surface area contributed by atoms with Crippen molar-refractivity contribution < 1.29 is 4.42 Å². The summed E-state index contributed by atoms with van der Waals surface area (Å²) in [5, 5.41) is 16.2. The summed E-state index contributed by atoms with van der Waals surface area (Å²) in [5.74, 6) is 0. The van der Waals surface area contributed by atoms with E-state index >= 15 is 0 Å². The van der Waals surface area contributed by atoms with E-state index in [4.69, 9.17) is 14.6 Å². The molecule has 4 nitrogen and oxygen atoms in total. The summed E-state index contributed by atoms with van der Waals surface area (Å²) < 4.78 is 6.40. The van der Waals surface area contributed by atoms with Crippen molar-refractivity contribution in [1.29, 1.82) is 0 Å². The van der Waals surface area contributed by atoms with Gasteiger partial charge in [0.25, 0.3) is 0 Å². The molecule has 0 bridgehead atoms. The molecule has 0 amide bonds. The van der Waals surface area contributed by atoms with E-state index in [-0.39, 0.29) is 0 Å². The lowest BCUT2D eigenvalue weighted by Crippen LogP contribution is -2.02. The predicted octanol–water partition coefficient (Wildman–Crippen LogP) is 11.8. The standard InChI is InChI=1S/C45H29N3O/c1-4-16-30(17-5-1)33-22-10-11-23-35(33)43-44(32-20-8-3-9-21-32)46-48-47-45(43)38-27-14-25-34(31-18-6-2-7-19-31)41(38)37-26-15-29-40-42(37)36-24-12-13-28-39(36)49-40/h1-29H. The maximum atomic E-state index is 6.40. The lowest BCUT2D eigenvalue weighted by Gasteiger charge is -2.20. The first-order valence-electron chi connectivity index (χ1n) is 16.4. The molecule has 0 fully saturated rings. The molecule has 7 aromatic carbocycles. The SMILES string of the molecule is c1ccc(-c2ccccc2-c2c(-c3ccccc3)nnnc2-c2cccc(-c3ccccc3)c2-c2cccc3oc4ccccc4c23)cc1. The highest BCUT2D eigenvalue weighted by atomic mass is 16.3. The minimum absolute atomic E-state index is 0.759. The van der Waals surface area contributed by atoms with Crippen LogP contribution in [0.5, 0.6) is 0 Å². The average Bonchev–Trinajstić information content (AvgIpc) is 3.57. The third kappa shape index (κ3) is 4.98. The Morgan fingerprint density at radius 3 is 1.59 bits per heavy atom. The molecule has 9 aromatic rings. The van der Waals surface area contributed by atoms with Crippen LogP contribution < -0.4 is 0 Å². The van der Waals surface area contributed by atoms with E-state index in [0.29, 0.717) is 0 Å². The number of hydrogen-bond donors (Lipinski definition) is 0. The summed E-state index contributed by atoms with van der Waals surface area (Å²) in [6.07, 6.45) is 0. The van der Waals surface area contributed by atoms with Gasteiger partial charge in [0.15, 0.2) is 0 Å². The van der Waals surface area contributed by atoms with E-state index in [1.54, 1.807) is 0 Å². The van der Waals surface area contributed by atoms with Crippen LogP contribution in [0.3, 0.4) is 0 Å². The van der Waals surface area contributed by atoms with E-state index in [9.17, 15) is 0 Å². The maximum Gasteiger partial charge on any atom is 0.136 e. The van der Waals surface area contributed by atoms with Crippen LogP contribution >= 0.6 is 0 Å². The molecule has 0 aliphatic heterocycles. The Hall–Kier alpha value is -6.65. The Labute approximate surface area is 284 Å². The van der Waals surface area contributed by atoms with Gasteiger partial charge in [-0.05, 0) is 56.3 Å². The number of furan rings is 1. The number of hydrogen-bond acceptors (Lipinski definition) is 4. The van der Waals surface area contributed by atoms with Crippen molar-refractivity contribution in [1.82, 2.24) is 15.4 Å². The highest BCUT2D eigenvalue weighted by molar-refractivity contribution is 6.16. The molecule has 2 aromatic heterocycles. The van der Waals surface area contributed by atoms with Crippen LogP contribution in [0.1, 0.15) is 0 Å². The molecule has 230 valence electrons. The molecule has 0 radical (unpaired) electrons. The van der Waals surface area contributed by atoms with Gasteiger partial charge in [-0.25, -0.2) is 0 Å². The number of rotatable bonds is 6. The first-order valence-corrected chi connectivity index (χ1v) is 16.4. The largest absolute Gasteiger partial charge is 0.456 e. The highest BCUT2D eigenvalue weighted by Gasteiger charge is 2.25. The molecule has 2 heterocycles. The molecular weight excluding hydrogens is 599 g/mol. The van der Waals surface area contributed by atoms with Crippen molar-refractivity contribution in [3.8, 4) is 67.0 Å². The number of para-hydroxylation sites is 1. The number of aromatic nitrogens is 3. The van der Waals surface area contributed by atoms with Gasteiger partial charge in [0.05, 0.1) is 0 Å². The fourth-order valence-corrected chi connectivity index (χ4v) is 7.02. The zero-order chi connectivity index (χ0) is 32.6. The van der Waals surface area contributed by atoms with Crippen molar-refractivity contribution >= 4 is 21.9 Å². The Bertz CT molecular complexity index is 2590. The maximum absolute atomic E-state index is 6.40. The monoisotopic (exact) mass is 627 g/mol.